The van der Waals surface area contributed by atoms with Crippen LogP contribution in [0.3, 0.4) is 0 Å². The average Bonchev–Trinajstić information content (AvgIpc) is 2.81. The zero-order chi connectivity index (χ0) is 13.5. The first-order chi connectivity index (χ1) is 9.04. The monoisotopic (exact) mass is 263 g/mol. The van der Waals surface area contributed by atoms with Gasteiger partial charge in [0.1, 0.15) is 0 Å². The molecule has 0 fully saturated rings. The van der Waals surface area contributed by atoms with E-state index in [9.17, 15) is 13.2 Å². The lowest BCUT2D eigenvalue weighted by atomic mass is 10.1. The molecule has 19 heavy (non-hydrogen) atoms. The number of hydrogen-bond acceptors (Lipinski definition) is 2. The molecule has 3 nitrogen and oxygen atoms in total. The van der Waals surface area contributed by atoms with Gasteiger partial charge < -0.3 is 0 Å². The first-order valence-corrected chi connectivity index (χ1v) is 5.53. The number of halogens is 3. The molecule has 3 rings (SSSR count). The van der Waals surface area contributed by atoms with Crippen LogP contribution < -0.4 is 0 Å². The van der Waals surface area contributed by atoms with Crippen LogP contribution in [0.2, 0.25) is 0 Å². The van der Waals surface area contributed by atoms with Crippen LogP contribution >= 0.6 is 0 Å². The molecule has 0 aliphatic carbocycles. The van der Waals surface area contributed by atoms with E-state index in [4.69, 9.17) is 0 Å². The molecular weight excluding hydrogens is 255 g/mol. The Labute approximate surface area is 106 Å². The van der Waals surface area contributed by atoms with Gasteiger partial charge in [0.25, 0.3) is 0 Å². The van der Waals surface area contributed by atoms with Crippen molar-refractivity contribution in [2.75, 3.05) is 0 Å². The lowest BCUT2D eigenvalue weighted by molar-refractivity contribution is -0.137. The molecule has 0 atom stereocenters. The number of alkyl halides is 3. The number of pyridine rings is 1. The summed E-state index contributed by atoms with van der Waals surface area (Å²) in [7, 11) is 0. The summed E-state index contributed by atoms with van der Waals surface area (Å²) in [5.74, 6) is 0.403. The molecule has 0 saturated heterocycles. The maximum absolute atomic E-state index is 12.5. The van der Waals surface area contributed by atoms with Crippen LogP contribution in [-0.4, -0.2) is 14.6 Å². The summed E-state index contributed by atoms with van der Waals surface area (Å²) in [6.45, 7) is 0. The molecular formula is C13H8F3N3. The molecule has 0 aliphatic rings. The van der Waals surface area contributed by atoms with Crippen molar-refractivity contribution in [3.05, 3.63) is 54.2 Å². The summed E-state index contributed by atoms with van der Waals surface area (Å²) in [4.78, 5) is 4.25. The van der Waals surface area contributed by atoms with Crippen LogP contribution in [0.5, 0.6) is 0 Å². The Balaban J connectivity index is 2.02. The van der Waals surface area contributed by atoms with E-state index in [-0.39, 0.29) is 0 Å². The van der Waals surface area contributed by atoms with Crippen molar-refractivity contribution in [2.24, 2.45) is 0 Å². The summed E-state index contributed by atoms with van der Waals surface area (Å²) in [6, 6.07) is 10.2. The lowest BCUT2D eigenvalue weighted by Crippen LogP contribution is -2.04. The molecule has 6 heteroatoms. The van der Waals surface area contributed by atoms with E-state index in [0.717, 1.165) is 12.1 Å². The van der Waals surface area contributed by atoms with Gasteiger partial charge in [0, 0.05) is 11.8 Å². The van der Waals surface area contributed by atoms with Crippen LogP contribution in [0.4, 0.5) is 13.2 Å². The van der Waals surface area contributed by atoms with Gasteiger partial charge in [-0.05, 0) is 24.3 Å². The van der Waals surface area contributed by atoms with Crippen molar-refractivity contribution in [1.29, 1.82) is 0 Å². The highest BCUT2D eigenvalue weighted by atomic mass is 19.4. The van der Waals surface area contributed by atoms with Gasteiger partial charge in [-0.15, -0.1) is 5.10 Å². The van der Waals surface area contributed by atoms with E-state index < -0.39 is 11.7 Å². The maximum Gasteiger partial charge on any atom is 0.416 e. The predicted octanol–water partition coefficient (Wildman–Crippen LogP) is 3.42. The van der Waals surface area contributed by atoms with Crippen molar-refractivity contribution in [3.63, 3.8) is 0 Å². The summed E-state index contributed by atoms with van der Waals surface area (Å²) < 4.78 is 38.9. The second-order valence-electron chi connectivity index (χ2n) is 4.01. The quantitative estimate of drug-likeness (QED) is 0.673. The number of hydrogen-bond donors (Lipinski definition) is 0. The molecule has 96 valence electrons. The molecule has 1 aromatic carbocycles. The Morgan fingerprint density at radius 2 is 1.68 bits per heavy atom. The van der Waals surface area contributed by atoms with Gasteiger partial charge in [0.2, 0.25) is 0 Å². The van der Waals surface area contributed by atoms with Gasteiger partial charge in [-0.2, -0.15) is 13.2 Å². The topological polar surface area (TPSA) is 30.2 Å². The summed E-state index contributed by atoms with van der Waals surface area (Å²) in [6.07, 6.45) is -2.60. The summed E-state index contributed by atoms with van der Waals surface area (Å²) in [5, 5.41) is 4.20. The lowest BCUT2D eigenvalue weighted by Gasteiger charge is -2.05. The predicted molar refractivity (Wildman–Crippen MR) is 63.4 cm³/mol. The number of nitrogens with zero attached hydrogens (tertiary/aromatic N) is 3. The fourth-order valence-corrected chi connectivity index (χ4v) is 1.76. The van der Waals surface area contributed by atoms with Crippen molar-refractivity contribution >= 4 is 5.65 Å². The van der Waals surface area contributed by atoms with Gasteiger partial charge in [-0.1, -0.05) is 18.2 Å². The van der Waals surface area contributed by atoms with E-state index in [0.29, 0.717) is 17.0 Å². The molecule has 0 aliphatic heterocycles. The number of aromatic nitrogens is 3. The highest BCUT2D eigenvalue weighted by Gasteiger charge is 2.30. The van der Waals surface area contributed by atoms with Gasteiger partial charge in [-0.3, -0.25) is 0 Å². The highest BCUT2D eigenvalue weighted by molar-refractivity contribution is 5.58. The standard InChI is InChI=1S/C13H8F3N3/c14-13(15,16)10-6-4-9(5-7-10)12-17-11-3-1-2-8-19(11)18-12/h1-8H. The molecule has 2 heterocycles. The Morgan fingerprint density at radius 3 is 2.32 bits per heavy atom. The van der Waals surface area contributed by atoms with Gasteiger partial charge >= 0.3 is 6.18 Å². The molecule has 0 amide bonds. The Kier molecular flexibility index (Phi) is 2.51. The van der Waals surface area contributed by atoms with Crippen molar-refractivity contribution < 1.29 is 13.2 Å². The van der Waals surface area contributed by atoms with Crippen LogP contribution in [0.1, 0.15) is 5.56 Å². The van der Waals surface area contributed by atoms with Gasteiger partial charge in [-0.25, -0.2) is 9.50 Å². The minimum Gasteiger partial charge on any atom is -0.221 e. The Bertz CT molecular complexity index is 681. The molecule has 0 unspecified atom stereocenters. The van der Waals surface area contributed by atoms with Crippen LogP contribution in [-0.2, 0) is 6.18 Å². The van der Waals surface area contributed by atoms with E-state index in [1.807, 2.05) is 6.07 Å². The zero-order valence-corrected chi connectivity index (χ0v) is 9.59. The molecule has 0 N–H and O–H groups in total. The largest absolute Gasteiger partial charge is 0.416 e. The second-order valence-corrected chi connectivity index (χ2v) is 4.01. The average molecular weight is 263 g/mol. The molecule has 0 spiro atoms. The number of rotatable bonds is 1. The summed E-state index contributed by atoms with van der Waals surface area (Å²) in [5.41, 5.74) is 0.522. The minimum atomic E-state index is -4.33. The fraction of sp³-hybridized carbons (Fsp3) is 0.0769. The number of benzene rings is 1. The first kappa shape index (κ1) is 11.7. The molecule has 0 bridgehead atoms. The smallest absolute Gasteiger partial charge is 0.221 e. The second kappa shape index (κ2) is 4.08. The Morgan fingerprint density at radius 1 is 0.947 bits per heavy atom. The number of fused-ring (bicyclic) bond motifs is 1. The van der Waals surface area contributed by atoms with E-state index in [1.165, 1.54) is 12.1 Å². The highest BCUT2D eigenvalue weighted by Crippen LogP contribution is 2.30. The van der Waals surface area contributed by atoms with Crippen molar-refractivity contribution in [2.45, 2.75) is 6.18 Å². The van der Waals surface area contributed by atoms with Crippen LogP contribution in [0.25, 0.3) is 17.0 Å². The molecule has 0 radical (unpaired) electrons. The summed E-state index contributed by atoms with van der Waals surface area (Å²) >= 11 is 0. The SMILES string of the molecule is FC(F)(F)c1ccc(-c2nc3ccccn3n2)cc1. The third-order valence-electron chi connectivity index (χ3n) is 2.71. The van der Waals surface area contributed by atoms with E-state index in [2.05, 4.69) is 10.1 Å². The van der Waals surface area contributed by atoms with Gasteiger partial charge in [0.15, 0.2) is 11.5 Å². The first-order valence-electron chi connectivity index (χ1n) is 5.53. The van der Waals surface area contributed by atoms with E-state index >= 15 is 0 Å². The zero-order valence-electron chi connectivity index (χ0n) is 9.59. The molecule has 2 aromatic heterocycles. The van der Waals surface area contributed by atoms with Crippen molar-refractivity contribution in [3.8, 4) is 11.4 Å². The van der Waals surface area contributed by atoms with Crippen LogP contribution in [0, 0.1) is 0 Å². The van der Waals surface area contributed by atoms with Crippen LogP contribution in [0.15, 0.2) is 48.7 Å². The fourth-order valence-electron chi connectivity index (χ4n) is 1.76. The minimum absolute atomic E-state index is 0.403. The van der Waals surface area contributed by atoms with Crippen molar-refractivity contribution in [1.82, 2.24) is 14.6 Å². The van der Waals surface area contributed by atoms with E-state index in [1.54, 1.807) is 22.8 Å². The molecule has 3 aromatic rings. The Hall–Kier alpha value is -2.37. The maximum atomic E-state index is 12.5. The normalized spacial score (nSPS) is 11.9. The van der Waals surface area contributed by atoms with Gasteiger partial charge in [0.05, 0.1) is 5.56 Å². The third kappa shape index (κ3) is 2.16. The molecule has 0 saturated carbocycles. The third-order valence-corrected chi connectivity index (χ3v) is 2.71.